The second kappa shape index (κ2) is 5.30. The van der Waals surface area contributed by atoms with E-state index in [1.807, 2.05) is 6.92 Å². The summed E-state index contributed by atoms with van der Waals surface area (Å²) in [6, 6.07) is 2.09. The molecule has 3 heteroatoms. The molecule has 1 N–H and O–H groups in total. The van der Waals surface area contributed by atoms with E-state index in [1.54, 1.807) is 6.20 Å². The van der Waals surface area contributed by atoms with Crippen LogP contribution in [0.15, 0.2) is 12.3 Å². The molecule has 1 fully saturated rings. The molecule has 0 aromatic carbocycles. The lowest BCUT2D eigenvalue weighted by molar-refractivity contribution is 0.280. The Morgan fingerprint density at radius 1 is 1.25 bits per heavy atom. The van der Waals surface area contributed by atoms with Gasteiger partial charge < -0.3 is 10.0 Å². The van der Waals surface area contributed by atoms with Crippen LogP contribution in [0.1, 0.15) is 36.8 Å². The smallest absolute Gasteiger partial charge is 0.128 e. The molecule has 0 spiro atoms. The molecule has 2 heterocycles. The highest BCUT2D eigenvalue weighted by Crippen LogP contribution is 2.19. The summed E-state index contributed by atoms with van der Waals surface area (Å²) >= 11 is 0. The molecule has 1 aromatic heterocycles. The van der Waals surface area contributed by atoms with Crippen LogP contribution in [0.2, 0.25) is 0 Å². The standard InChI is InChI=1S/C13H20N2O/c1-11-8-13(14-9-12(11)10-16)15-6-4-2-3-5-7-15/h8-9,16H,2-7,10H2,1H3. The summed E-state index contributed by atoms with van der Waals surface area (Å²) in [4.78, 5) is 6.80. The van der Waals surface area contributed by atoms with Crippen LogP contribution in [-0.4, -0.2) is 23.2 Å². The molecule has 1 aromatic rings. The highest BCUT2D eigenvalue weighted by Gasteiger charge is 2.11. The van der Waals surface area contributed by atoms with Gasteiger partial charge in [-0.25, -0.2) is 4.98 Å². The zero-order chi connectivity index (χ0) is 11.4. The molecule has 0 amide bonds. The maximum absolute atomic E-state index is 9.11. The Kier molecular flexibility index (Phi) is 3.78. The first-order chi connectivity index (χ1) is 7.81. The minimum atomic E-state index is 0.0825. The third kappa shape index (κ3) is 2.53. The van der Waals surface area contributed by atoms with Crippen LogP contribution in [0, 0.1) is 6.92 Å². The Bertz CT molecular complexity index is 344. The summed E-state index contributed by atoms with van der Waals surface area (Å²) in [6.45, 7) is 4.35. The number of aromatic nitrogens is 1. The molecule has 0 unspecified atom stereocenters. The lowest BCUT2D eigenvalue weighted by atomic mass is 10.1. The number of pyridine rings is 1. The second-order valence-corrected chi connectivity index (χ2v) is 4.53. The van der Waals surface area contributed by atoms with Crippen LogP contribution in [0.4, 0.5) is 5.82 Å². The summed E-state index contributed by atoms with van der Waals surface area (Å²) < 4.78 is 0. The highest BCUT2D eigenvalue weighted by molar-refractivity contribution is 5.43. The topological polar surface area (TPSA) is 36.4 Å². The van der Waals surface area contributed by atoms with E-state index in [-0.39, 0.29) is 6.61 Å². The maximum Gasteiger partial charge on any atom is 0.128 e. The van der Waals surface area contributed by atoms with Gasteiger partial charge in [-0.15, -0.1) is 0 Å². The molecule has 0 aliphatic carbocycles. The largest absolute Gasteiger partial charge is 0.392 e. The van der Waals surface area contributed by atoms with Crippen molar-refractivity contribution in [3.05, 3.63) is 23.4 Å². The van der Waals surface area contributed by atoms with Crippen molar-refractivity contribution in [3.8, 4) is 0 Å². The van der Waals surface area contributed by atoms with Gasteiger partial charge in [0.05, 0.1) is 6.61 Å². The van der Waals surface area contributed by atoms with Crippen LogP contribution in [0.5, 0.6) is 0 Å². The van der Waals surface area contributed by atoms with Crippen molar-refractivity contribution in [3.63, 3.8) is 0 Å². The molecule has 1 aliphatic rings. The van der Waals surface area contributed by atoms with Crippen LogP contribution >= 0.6 is 0 Å². The van der Waals surface area contributed by atoms with Crippen LogP contribution in [-0.2, 0) is 6.61 Å². The first-order valence-corrected chi connectivity index (χ1v) is 6.12. The van der Waals surface area contributed by atoms with E-state index in [2.05, 4.69) is 16.0 Å². The van der Waals surface area contributed by atoms with E-state index in [1.165, 1.54) is 25.7 Å². The van der Waals surface area contributed by atoms with Crippen molar-refractivity contribution < 1.29 is 5.11 Å². The van der Waals surface area contributed by atoms with Gasteiger partial charge in [0.25, 0.3) is 0 Å². The SMILES string of the molecule is Cc1cc(N2CCCCCC2)ncc1CO. The predicted octanol–water partition coefficient (Wildman–Crippen LogP) is 2.26. The second-order valence-electron chi connectivity index (χ2n) is 4.53. The zero-order valence-corrected chi connectivity index (χ0v) is 9.95. The summed E-state index contributed by atoms with van der Waals surface area (Å²) in [5, 5.41) is 9.11. The van der Waals surface area contributed by atoms with Gasteiger partial charge in [0.2, 0.25) is 0 Å². The van der Waals surface area contributed by atoms with E-state index in [9.17, 15) is 0 Å². The molecule has 2 rings (SSSR count). The van der Waals surface area contributed by atoms with Crippen molar-refractivity contribution in [1.29, 1.82) is 0 Å². The average molecular weight is 220 g/mol. The summed E-state index contributed by atoms with van der Waals surface area (Å²) in [5.41, 5.74) is 2.07. The fourth-order valence-electron chi connectivity index (χ4n) is 2.21. The molecular formula is C13H20N2O. The van der Waals surface area contributed by atoms with Crippen molar-refractivity contribution >= 4 is 5.82 Å². The number of anilines is 1. The minimum Gasteiger partial charge on any atom is -0.392 e. The lowest BCUT2D eigenvalue weighted by Gasteiger charge is -2.22. The third-order valence-electron chi connectivity index (χ3n) is 3.31. The highest BCUT2D eigenvalue weighted by atomic mass is 16.3. The van der Waals surface area contributed by atoms with Crippen LogP contribution in [0.25, 0.3) is 0 Å². The molecule has 88 valence electrons. The van der Waals surface area contributed by atoms with Gasteiger partial charge in [-0.05, 0) is 37.0 Å². The normalized spacial score (nSPS) is 17.2. The molecular weight excluding hydrogens is 200 g/mol. The first kappa shape index (κ1) is 11.4. The number of nitrogens with zero attached hydrogens (tertiary/aromatic N) is 2. The van der Waals surface area contributed by atoms with Gasteiger partial charge in [-0.2, -0.15) is 0 Å². The van der Waals surface area contributed by atoms with Crippen molar-refractivity contribution in [2.24, 2.45) is 0 Å². The molecule has 1 saturated heterocycles. The van der Waals surface area contributed by atoms with Crippen LogP contribution < -0.4 is 4.90 Å². The Morgan fingerprint density at radius 3 is 2.50 bits per heavy atom. The Morgan fingerprint density at radius 2 is 1.94 bits per heavy atom. The van der Waals surface area contributed by atoms with Gasteiger partial charge in [0, 0.05) is 19.3 Å². The lowest BCUT2D eigenvalue weighted by Crippen LogP contribution is -2.25. The molecule has 0 atom stereocenters. The minimum absolute atomic E-state index is 0.0825. The zero-order valence-electron chi connectivity index (χ0n) is 9.95. The molecule has 3 nitrogen and oxygen atoms in total. The fourth-order valence-corrected chi connectivity index (χ4v) is 2.21. The predicted molar refractivity (Wildman–Crippen MR) is 65.6 cm³/mol. The quantitative estimate of drug-likeness (QED) is 0.830. The molecule has 16 heavy (non-hydrogen) atoms. The summed E-state index contributed by atoms with van der Waals surface area (Å²) in [5.74, 6) is 1.07. The number of hydrogen-bond acceptors (Lipinski definition) is 3. The van der Waals surface area contributed by atoms with E-state index in [0.717, 1.165) is 30.0 Å². The van der Waals surface area contributed by atoms with E-state index >= 15 is 0 Å². The molecule has 0 saturated carbocycles. The molecule has 0 radical (unpaired) electrons. The third-order valence-corrected chi connectivity index (χ3v) is 3.31. The van der Waals surface area contributed by atoms with Gasteiger partial charge in [0.15, 0.2) is 0 Å². The van der Waals surface area contributed by atoms with Gasteiger partial charge in [-0.1, -0.05) is 12.8 Å². The number of rotatable bonds is 2. The fraction of sp³-hybridized carbons (Fsp3) is 0.615. The summed E-state index contributed by atoms with van der Waals surface area (Å²) in [7, 11) is 0. The number of aliphatic hydroxyl groups excluding tert-OH is 1. The van der Waals surface area contributed by atoms with Crippen LogP contribution in [0.3, 0.4) is 0 Å². The number of hydrogen-bond donors (Lipinski definition) is 1. The van der Waals surface area contributed by atoms with Crippen molar-refractivity contribution in [2.75, 3.05) is 18.0 Å². The van der Waals surface area contributed by atoms with Crippen molar-refractivity contribution in [2.45, 2.75) is 39.2 Å². The van der Waals surface area contributed by atoms with E-state index in [0.29, 0.717) is 0 Å². The van der Waals surface area contributed by atoms with Gasteiger partial charge in [0.1, 0.15) is 5.82 Å². The number of aryl methyl sites for hydroxylation is 1. The maximum atomic E-state index is 9.11. The Balaban J connectivity index is 2.16. The average Bonchev–Trinajstić information content (AvgIpc) is 2.57. The first-order valence-electron chi connectivity index (χ1n) is 6.12. The van der Waals surface area contributed by atoms with Gasteiger partial charge >= 0.3 is 0 Å². The molecule has 0 bridgehead atoms. The molecule has 1 aliphatic heterocycles. The van der Waals surface area contributed by atoms with E-state index in [4.69, 9.17) is 5.11 Å². The number of aliphatic hydroxyl groups is 1. The van der Waals surface area contributed by atoms with E-state index < -0.39 is 0 Å². The monoisotopic (exact) mass is 220 g/mol. The summed E-state index contributed by atoms with van der Waals surface area (Å²) in [6.07, 6.45) is 7.01. The van der Waals surface area contributed by atoms with Crippen molar-refractivity contribution in [1.82, 2.24) is 4.98 Å². The Labute approximate surface area is 97.1 Å². The van der Waals surface area contributed by atoms with Gasteiger partial charge in [-0.3, -0.25) is 0 Å². The Hall–Kier alpha value is -1.09.